The SMILES string of the molecule is CC(=O)Nc1ccc(C(=O)C(C)Sc2ncnc3scc(-c4ccc(F)cc4)c23)cc1. The smallest absolute Gasteiger partial charge is 0.221 e. The molecule has 0 saturated heterocycles. The number of carbonyl (C=O) groups excluding carboxylic acids is 2. The van der Waals surface area contributed by atoms with Crippen molar-refractivity contribution in [1.29, 1.82) is 0 Å². The highest BCUT2D eigenvalue weighted by atomic mass is 32.2. The Morgan fingerprint density at radius 3 is 2.45 bits per heavy atom. The number of aromatic nitrogens is 2. The number of thioether (sulfide) groups is 1. The summed E-state index contributed by atoms with van der Waals surface area (Å²) in [5, 5.41) is 5.86. The van der Waals surface area contributed by atoms with Gasteiger partial charge in [0.15, 0.2) is 5.78 Å². The zero-order chi connectivity index (χ0) is 22.0. The summed E-state index contributed by atoms with van der Waals surface area (Å²) in [6, 6.07) is 13.1. The van der Waals surface area contributed by atoms with E-state index in [1.54, 1.807) is 36.4 Å². The lowest BCUT2D eigenvalue weighted by Crippen LogP contribution is -2.14. The molecular formula is C23H18FN3O2S2. The number of Topliss-reactive ketones (excluding diaryl/α,β-unsaturated/α-hetero) is 1. The number of hydrogen-bond acceptors (Lipinski definition) is 6. The molecule has 5 nitrogen and oxygen atoms in total. The molecule has 4 aromatic rings. The van der Waals surface area contributed by atoms with Crippen LogP contribution < -0.4 is 5.32 Å². The number of benzene rings is 2. The molecule has 1 N–H and O–H groups in total. The Balaban J connectivity index is 1.60. The van der Waals surface area contributed by atoms with Crippen molar-refractivity contribution in [2.45, 2.75) is 24.1 Å². The summed E-state index contributed by atoms with van der Waals surface area (Å²) < 4.78 is 13.3. The molecule has 4 rings (SSSR count). The third-order valence-corrected chi connectivity index (χ3v) is 6.62. The molecule has 0 radical (unpaired) electrons. The number of fused-ring (bicyclic) bond motifs is 1. The van der Waals surface area contributed by atoms with Gasteiger partial charge in [-0.3, -0.25) is 9.59 Å². The van der Waals surface area contributed by atoms with Gasteiger partial charge in [0.05, 0.1) is 10.6 Å². The lowest BCUT2D eigenvalue weighted by Gasteiger charge is -2.12. The Hall–Kier alpha value is -3.10. The number of hydrogen-bond donors (Lipinski definition) is 1. The monoisotopic (exact) mass is 451 g/mol. The molecule has 0 fully saturated rings. The van der Waals surface area contributed by atoms with Crippen LogP contribution in [0.1, 0.15) is 24.2 Å². The summed E-state index contributed by atoms with van der Waals surface area (Å²) in [5.41, 5.74) is 2.99. The Morgan fingerprint density at radius 2 is 1.77 bits per heavy atom. The standard InChI is InChI=1S/C23H18FN3O2S2/c1-13(21(29)16-5-9-18(10-6-16)27-14(2)28)31-23-20-19(11-30-22(20)25-12-26-23)15-3-7-17(24)8-4-15/h3-13H,1-2H3,(H,27,28). The summed E-state index contributed by atoms with van der Waals surface area (Å²) >= 11 is 2.86. The molecular weight excluding hydrogens is 433 g/mol. The topological polar surface area (TPSA) is 72.0 Å². The first kappa shape index (κ1) is 21.1. The van der Waals surface area contributed by atoms with E-state index in [2.05, 4.69) is 15.3 Å². The Bertz CT molecular complexity index is 1250. The summed E-state index contributed by atoms with van der Waals surface area (Å²) in [7, 11) is 0. The van der Waals surface area contributed by atoms with Gasteiger partial charge in [-0.15, -0.1) is 11.3 Å². The summed E-state index contributed by atoms with van der Waals surface area (Å²) in [6.45, 7) is 3.28. The highest BCUT2D eigenvalue weighted by Crippen LogP contribution is 2.39. The van der Waals surface area contributed by atoms with Crippen molar-refractivity contribution < 1.29 is 14.0 Å². The van der Waals surface area contributed by atoms with Gasteiger partial charge in [0, 0.05) is 29.1 Å². The van der Waals surface area contributed by atoms with Crippen LogP contribution >= 0.6 is 23.1 Å². The van der Waals surface area contributed by atoms with Crippen LogP contribution in [0.3, 0.4) is 0 Å². The number of nitrogens with one attached hydrogen (secondary N) is 1. The lowest BCUT2D eigenvalue weighted by molar-refractivity contribution is -0.114. The van der Waals surface area contributed by atoms with E-state index in [0.29, 0.717) is 16.3 Å². The molecule has 1 unspecified atom stereocenters. The Labute approximate surface area is 186 Å². The van der Waals surface area contributed by atoms with Crippen LogP contribution in [-0.4, -0.2) is 26.9 Å². The number of thiophene rings is 1. The van der Waals surface area contributed by atoms with Crippen molar-refractivity contribution in [3.63, 3.8) is 0 Å². The minimum absolute atomic E-state index is 0.0373. The molecule has 0 aliphatic rings. The van der Waals surface area contributed by atoms with Crippen molar-refractivity contribution in [2.75, 3.05) is 5.32 Å². The minimum Gasteiger partial charge on any atom is -0.326 e. The van der Waals surface area contributed by atoms with E-state index in [0.717, 1.165) is 21.3 Å². The number of halogens is 1. The molecule has 2 aromatic carbocycles. The predicted molar refractivity (Wildman–Crippen MR) is 123 cm³/mol. The molecule has 0 aliphatic heterocycles. The number of carbonyl (C=O) groups is 2. The van der Waals surface area contributed by atoms with Gasteiger partial charge in [-0.05, 0) is 48.9 Å². The first-order valence-corrected chi connectivity index (χ1v) is 11.2. The van der Waals surface area contributed by atoms with Crippen molar-refractivity contribution in [2.24, 2.45) is 0 Å². The molecule has 0 spiro atoms. The lowest BCUT2D eigenvalue weighted by atomic mass is 10.1. The van der Waals surface area contributed by atoms with Crippen molar-refractivity contribution in [3.8, 4) is 11.1 Å². The number of anilines is 1. The van der Waals surface area contributed by atoms with E-state index in [1.165, 1.54) is 48.5 Å². The first-order valence-electron chi connectivity index (χ1n) is 9.49. The van der Waals surface area contributed by atoms with E-state index in [4.69, 9.17) is 0 Å². The summed E-state index contributed by atoms with van der Waals surface area (Å²) in [5.74, 6) is -0.494. The van der Waals surface area contributed by atoms with E-state index >= 15 is 0 Å². The zero-order valence-corrected chi connectivity index (χ0v) is 18.4. The second-order valence-corrected chi connectivity index (χ2v) is 9.09. The van der Waals surface area contributed by atoms with E-state index in [9.17, 15) is 14.0 Å². The second kappa shape index (κ2) is 8.95. The van der Waals surface area contributed by atoms with Gasteiger partial charge >= 0.3 is 0 Å². The normalized spacial score (nSPS) is 12.0. The largest absolute Gasteiger partial charge is 0.326 e. The van der Waals surface area contributed by atoms with Crippen LogP contribution in [0.4, 0.5) is 10.1 Å². The van der Waals surface area contributed by atoms with E-state index in [-0.39, 0.29) is 22.8 Å². The van der Waals surface area contributed by atoms with E-state index in [1.807, 2.05) is 12.3 Å². The number of rotatable bonds is 6. The van der Waals surface area contributed by atoms with Crippen LogP contribution in [-0.2, 0) is 4.79 Å². The summed E-state index contributed by atoms with van der Waals surface area (Å²) in [4.78, 5) is 33.7. The highest BCUT2D eigenvalue weighted by Gasteiger charge is 2.21. The summed E-state index contributed by atoms with van der Waals surface area (Å²) in [6.07, 6.45) is 1.50. The first-order chi connectivity index (χ1) is 14.9. The Morgan fingerprint density at radius 1 is 1.06 bits per heavy atom. The van der Waals surface area contributed by atoms with Gasteiger partial charge in [-0.25, -0.2) is 14.4 Å². The maximum Gasteiger partial charge on any atom is 0.221 e. The molecule has 0 saturated carbocycles. The molecule has 156 valence electrons. The fourth-order valence-electron chi connectivity index (χ4n) is 3.16. The van der Waals surface area contributed by atoms with Gasteiger partial charge in [0.1, 0.15) is 22.0 Å². The van der Waals surface area contributed by atoms with Gasteiger partial charge in [-0.1, -0.05) is 23.9 Å². The fourth-order valence-corrected chi connectivity index (χ4v) is 5.15. The van der Waals surface area contributed by atoms with Crippen molar-refractivity contribution in [3.05, 3.63) is 71.6 Å². The third kappa shape index (κ3) is 4.65. The molecule has 31 heavy (non-hydrogen) atoms. The highest BCUT2D eigenvalue weighted by molar-refractivity contribution is 8.00. The molecule has 0 aliphatic carbocycles. The average molecular weight is 452 g/mol. The molecule has 8 heteroatoms. The number of amides is 1. The Kier molecular flexibility index (Phi) is 6.11. The van der Waals surface area contributed by atoms with Gasteiger partial charge in [0.2, 0.25) is 5.91 Å². The zero-order valence-electron chi connectivity index (χ0n) is 16.8. The molecule has 2 aromatic heterocycles. The third-order valence-electron chi connectivity index (χ3n) is 4.64. The predicted octanol–water partition coefficient (Wildman–Crippen LogP) is 5.82. The molecule has 1 amide bonds. The van der Waals surface area contributed by atoms with Crippen molar-refractivity contribution >= 4 is 50.7 Å². The van der Waals surface area contributed by atoms with Gasteiger partial charge in [0.25, 0.3) is 0 Å². The van der Waals surface area contributed by atoms with Gasteiger partial charge in [-0.2, -0.15) is 0 Å². The number of ketones is 1. The van der Waals surface area contributed by atoms with Gasteiger partial charge < -0.3 is 5.32 Å². The minimum atomic E-state index is -0.384. The van der Waals surface area contributed by atoms with Crippen LogP contribution in [0, 0.1) is 5.82 Å². The average Bonchev–Trinajstić information content (AvgIpc) is 3.19. The van der Waals surface area contributed by atoms with Crippen LogP contribution in [0.15, 0.2) is 65.3 Å². The van der Waals surface area contributed by atoms with Crippen LogP contribution in [0.2, 0.25) is 0 Å². The van der Waals surface area contributed by atoms with E-state index < -0.39 is 0 Å². The second-order valence-electron chi connectivity index (χ2n) is 6.90. The van der Waals surface area contributed by atoms with Crippen LogP contribution in [0.5, 0.6) is 0 Å². The fraction of sp³-hybridized carbons (Fsp3) is 0.130. The maximum atomic E-state index is 13.3. The quantitative estimate of drug-likeness (QED) is 0.227. The molecule has 2 heterocycles. The van der Waals surface area contributed by atoms with Crippen molar-refractivity contribution in [1.82, 2.24) is 9.97 Å². The van der Waals surface area contributed by atoms with Crippen LogP contribution in [0.25, 0.3) is 21.3 Å². The number of nitrogens with zero attached hydrogens (tertiary/aromatic N) is 2. The maximum absolute atomic E-state index is 13.3. The molecule has 1 atom stereocenters. The molecule has 0 bridgehead atoms.